The summed E-state index contributed by atoms with van der Waals surface area (Å²) in [7, 11) is 1.58. The number of hydrogen-bond acceptors (Lipinski definition) is 9. The number of aryl methyl sites for hydroxylation is 1. The van der Waals surface area contributed by atoms with E-state index in [0.29, 0.717) is 56.0 Å². The molecule has 0 spiro atoms. The molecule has 1 unspecified atom stereocenters. The lowest BCUT2D eigenvalue weighted by Gasteiger charge is -2.16. The zero-order chi connectivity index (χ0) is 25.1. The van der Waals surface area contributed by atoms with E-state index in [9.17, 15) is 14.4 Å². The maximum absolute atomic E-state index is 13.7. The summed E-state index contributed by atoms with van der Waals surface area (Å²) in [6.45, 7) is 6.35. The molecule has 1 aliphatic rings. The second-order valence-electron chi connectivity index (χ2n) is 8.27. The molecule has 2 aromatic heterocycles. The largest absolute Gasteiger partial charge is 0.496 e. The summed E-state index contributed by atoms with van der Waals surface area (Å²) in [5.41, 5.74) is 1.82. The van der Waals surface area contributed by atoms with Crippen molar-refractivity contribution in [2.24, 2.45) is 0 Å². The fourth-order valence-corrected chi connectivity index (χ4v) is 6.21. The van der Waals surface area contributed by atoms with E-state index >= 15 is 0 Å². The van der Waals surface area contributed by atoms with Crippen molar-refractivity contribution in [3.8, 4) is 5.75 Å². The number of Topliss-reactive ketones (excluding diaryl/α,β-unsaturated/α-hetero) is 1. The van der Waals surface area contributed by atoms with Gasteiger partial charge in [-0.1, -0.05) is 11.8 Å². The first-order chi connectivity index (χ1) is 16.8. The maximum atomic E-state index is 13.7. The van der Waals surface area contributed by atoms with Gasteiger partial charge < -0.3 is 14.2 Å². The Hall–Kier alpha value is -2.69. The number of nitrogens with zero attached hydrogens (tertiary/aromatic N) is 2. The summed E-state index contributed by atoms with van der Waals surface area (Å²) in [5.74, 6) is 0.628. The number of carbonyl (C=O) groups excluding carboxylic acids is 2. The first kappa shape index (κ1) is 25.4. The number of hydrogen-bond donors (Lipinski definition) is 0. The van der Waals surface area contributed by atoms with Crippen LogP contribution in [0.3, 0.4) is 0 Å². The molecule has 1 atom stereocenters. The summed E-state index contributed by atoms with van der Waals surface area (Å²) < 4.78 is 18.1. The van der Waals surface area contributed by atoms with Gasteiger partial charge in [-0.2, -0.15) is 0 Å². The number of carbonyl (C=O) groups is 2. The van der Waals surface area contributed by atoms with E-state index in [0.717, 1.165) is 18.4 Å². The Bertz CT molecular complexity index is 1320. The Morgan fingerprint density at radius 3 is 2.80 bits per heavy atom. The minimum Gasteiger partial charge on any atom is -0.496 e. The molecule has 4 rings (SSSR count). The van der Waals surface area contributed by atoms with Crippen molar-refractivity contribution in [1.29, 1.82) is 0 Å². The molecule has 1 fully saturated rings. The van der Waals surface area contributed by atoms with Gasteiger partial charge in [0.15, 0.2) is 10.9 Å². The SMILES string of the molecule is CCOC(=O)c1sc2nc(SCc3cc(C(C)=O)ccc3OC)n(CC3CCCO3)c(=O)c2c1C. The maximum Gasteiger partial charge on any atom is 0.348 e. The van der Waals surface area contributed by atoms with Crippen molar-refractivity contribution in [3.63, 3.8) is 0 Å². The zero-order valence-corrected chi connectivity index (χ0v) is 21.8. The van der Waals surface area contributed by atoms with E-state index < -0.39 is 5.97 Å². The zero-order valence-electron chi connectivity index (χ0n) is 20.2. The number of ketones is 1. The van der Waals surface area contributed by atoms with Crippen molar-refractivity contribution >= 4 is 45.1 Å². The number of aromatic nitrogens is 2. The van der Waals surface area contributed by atoms with Crippen molar-refractivity contribution < 1.29 is 23.8 Å². The van der Waals surface area contributed by atoms with Crippen LogP contribution in [0.15, 0.2) is 28.2 Å². The average molecular weight is 517 g/mol. The number of thioether (sulfide) groups is 1. The first-order valence-corrected chi connectivity index (χ1v) is 13.3. The number of benzene rings is 1. The van der Waals surface area contributed by atoms with Gasteiger partial charge in [-0.15, -0.1) is 11.3 Å². The highest BCUT2D eigenvalue weighted by Gasteiger charge is 2.25. The Labute approximate surface area is 211 Å². The highest BCUT2D eigenvalue weighted by molar-refractivity contribution is 7.98. The van der Waals surface area contributed by atoms with Crippen LogP contribution in [0.5, 0.6) is 5.75 Å². The molecule has 186 valence electrons. The number of esters is 1. The number of ether oxygens (including phenoxy) is 3. The van der Waals surface area contributed by atoms with Gasteiger partial charge >= 0.3 is 5.97 Å². The fourth-order valence-electron chi connectivity index (χ4n) is 4.11. The van der Waals surface area contributed by atoms with E-state index in [-0.39, 0.29) is 24.1 Å². The van der Waals surface area contributed by atoms with Crippen LogP contribution in [0, 0.1) is 6.92 Å². The molecule has 1 saturated heterocycles. The summed E-state index contributed by atoms with van der Waals surface area (Å²) in [6.07, 6.45) is 1.77. The molecule has 1 aliphatic heterocycles. The minimum absolute atomic E-state index is 0.0331. The van der Waals surface area contributed by atoms with Crippen LogP contribution in [-0.4, -0.2) is 47.7 Å². The second kappa shape index (κ2) is 10.9. The molecule has 0 N–H and O–H groups in total. The third-order valence-corrected chi connectivity index (χ3v) is 8.12. The van der Waals surface area contributed by atoms with Crippen molar-refractivity contribution in [1.82, 2.24) is 9.55 Å². The Balaban J connectivity index is 1.77. The van der Waals surface area contributed by atoms with Gasteiger partial charge in [-0.3, -0.25) is 14.2 Å². The van der Waals surface area contributed by atoms with Crippen molar-refractivity contribution in [2.45, 2.75) is 57.2 Å². The molecule has 0 amide bonds. The number of thiophene rings is 1. The molecule has 3 aromatic rings. The van der Waals surface area contributed by atoms with Crippen LogP contribution < -0.4 is 10.3 Å². The molecule has 3 heterocycles. The molecule has 1 aromatic carbocycles. The fraction of sp³-hybridized carbons (Fsp3) is 0.440. The van der Waals surface area contributed by atoms with Crippen LogP contribution in [0.1, 0.15) is 57.8 Å². The van der Waals surface area contributed by atoms with E-state index in [2.05, 4.69) is 0 Å². The smallest absolute Gasteiger partial charge is 0.348 e. The van der Waals surface area contributed by atoms with E-state index in [1.165, 1.54) is 30.0 Å². The Morgan fingerprint density at radius 1 is 1.34 bits per heavy atom. The second-order valence-corrected chi connectivity index (χ2v) is 10.2. The van der Waals surface area contributed by atoms with Crippen LogP contribution in [0.25, 0.3) is 10.2 Å². The Kier molecular flexibility index (Phi) is 7.93. The van der Waals surface area contributed by atoms with Gasteiger partial charge in [0.25, 0.3) is 5.56 Å². The number of methoxy groups -OCH3 is 1. The molecule has 0 bridgehead atoms. The summed E-state index contributed by atoms with van der Waals surface area (Å²) in [5, 5.41) is 0.974. The van der Waals surface area contributed by atoms with E-state index in [1.807, 2.05) is 6.07 Å². The molecule has 10 heteroatoms. The van der Waals surface area contributed by atoms with E-state index in [1.54, 1.807) is 37.7 Å². The predicted molar refractivity (Wildman–Crippen MR) is 136 cm³/mol. The minimum atomic E-state index is -0.446. The third-order valence-electron chi connectivity index (χ3n) is 5.93. The van der Waals surface area contributed by atoms with E-state index in [4.69, 9.17) is 19.2 Å². The molecule has 0 saturated carbocycles. The number of rotatable bonds is 9. The lowest BCUT2D eigenvalue weighted by Crippen LogP contribution is -2.28. The quantitative estimate of drug-likeness (QED) is 0.176. The highest BCUT2D eigenvalue weighted by Crippen LogP contribution is 2.33. The third kappa shape index (κ3) is 5.29. The van der Waals surface area contributed by atoms with Gasteiger partial charge in [-0.25, -0.2) is 9.78 Å². The molecule has 0 aliphatic carbocycles. The van der Waals surface area contributed by atoms with Crippen LogP contribution >= 0.6 is 23.1 Å². The van der Waals surface area contributed by atoms with Gasteiger partial charge in [0.2, 0.25) is 0 Å². The first-order valence-electron chi connectivity index (χ1n) is 11.5. The topological polar surface area (TPSA) is 96.7 Å². The normalized spacial score (nSPS) is 15.5. The molecular weight excluding hydrogens is 488 g/mol. The summed E-state index contributed by atoms with van der Waals surface area (Å²) >= 11 is 2.57. The van der Waals surface area contributed by atoms with Gasteiger partial charge in [0.05, 0.1) is 31.8 Å². The van der Waals surface area contributed by atoms with Gasteiger partial charge in [0.1, 0.15) is 15.5 Å². The van der Waals surface area contributed by atoms with Crippen molar-refractivity contribution in [2.75, 3.05) is 20.3 Å². The number of fused-ring (bicyclic) bond motifs is 1. The lowest BCUT2D eigenvalue weighted by molar-refractivity contribution is 0.0531. The van der Waals surface area contributed by atoms with Crippen LogP contribution in [0.2, 0.25) is 0 Å². The van der Waals surface area contributed by atoms with Gasteiger partial charge in [0, 0.05) is 23.5 Å². The molecule has 0 radical (unpaired) electrons. The molecule has 35 heavy (non-hydrogen) atoms. The van der Waals surface area contributed by atoms with Crippen molar-refractivity contribution in [3.05, 3.63) is 50.1 Å². The van der Waals surface area contributed by atoms with Crippen LogP contribution in [0.4, 0.5) is 0 Å². The molecular formula is C25H28N2O6S2. The average Bonchev–Trinajstić information content (AvgIpc) is 3.47. The summed E-state index contributed by atoms with van der Waals surface area (Å²) in [6, 6.07) is 5.32. The monoisotopic (exact) mass is 516 g/mol. The standard InChI is InChI=1S/C25H28N2O6S2/c1-5-32-24(30)21-14(2)20-22(35-21)26-25(27(23(20)29)12-18-7-6-10-33-18)34-13-17-11-16(15(3)28)8-9-19(17)31-4/h8-9,11,18H,5-7,10,12-13H2,1-4H3. The molecule has 8 nitrogen and oxygen atoms in total. The lowest BCUT2D eigenvalue weighted by atomic mass is 10.1. The Morgan fingerprint density at radius 2 is 2.14 bits per heavy atom. The van der Waals surface area contributed by atoms with Crippen LogP contribution in [-0.2, 0) is 21.8 Å². The van der Waals surface area contributed by atoms with Gasteiger partial charge in [-0.05, 0) is 57.4 Å². The summed E-state index contributed by atoms with van der Waals surface area (Å²) in [4.78, 5) is 43.7. The highest BCUT2D eigenvalue weighted by atomic mass is 32.2. The predicted octanol–water partition coefficient (Wildman–Crippen LogP) is 4.63.